The van der Waals surface area contributed by atoms with Crippen LogP contribution >= 0.6 is 26.8 Å². The molecular formula is C19H23ClN6O11P2. The Morgan fingerprint density at radius 3 is 2.64 bits per heavy atom. The summed E-state index contributed by atoms with van der Waals surface area (Å²) in [4.78, 5) is 35.6. The van der Waals surface area contributed by atoms with E-state index in [0.717, 1.165) is 4.68 Å². The average molecular weight is 609 g/mol. The molecule has 1 aromatic carbocycles. The molecule has 0 spiro atoms. The smallest absolute Gasteiger partial charge is 0.340 e. The van der Waals surface area contributed by atoms with Crippen molar-refractivity contribution in [2.45, 2.75) is 24.5 Å². The minimum atomic E-state index is -4.86. The fourth-order valence-electron chi connectivity index (χ4n) is 3.66. The third-order valence-corrected chi connectivity index (χ3v) is 9.02. The van der Waals surface area contributed by atoms with Crippen molar-refractivity contribution in [3.8, 4) is 11.5 Å². The van der Waals surface area contributed by atoms with Gasteiger partial charge in [-0.05, 0) is 35.4 Å². The Bertz CT molecular complexity index is 1480. The molecule has 17 nitrogen and oxygen atoms in total. The fraction of sp³-hybridized carbons (Fsp3) is 0.368. The van der Waals surface area contributed by atoms with E-state index in [-0.39, 0.29) is 22.5 Å². The van der Waals surface area contributed by atoms with Gasteiger partial charge in [0.1, 0.15) is 18.3 Å². The first-order valence-corrected chi connectivity index (χ1v) is 14.8. The molecule has 1 aliphatic heterocycles. The number of phenols is 1. The van der Waals surface area contributed by atoms with Crippen LogP contribution < -0.4 is 10.2 Å². The lowest BCUT2D eigenvalue weighted by Crippen LogP contribution is -2.33. The lowest BCUT2D eigenvalue weighted by Gasteiger charge is -2.18. The molecule has 3 aromatic rings. The number of hydrazone groups is 1. The van der Waals surface area contributed by atoms with Gasteiger partial charge in [-0.2, -0.15) is 20.2 Å². The summed E-state index contributed by atoms with van der Waals surface area (Å²) in [5, 5.41) is 39.1. The molecule has 0 radical (unpaired) electrons. The quantitative estimate of drug-likeness (QED) is 0.0720. The molecule has 7 N–H and O–H groups in total. The van der Waals surface area contributed by atoms with Crippen molar-refractivity contribution in [3.63, 3.8) is 0 Å². The Balaban J connectivity index is 1.51. The Kier molecular flexibility index (Phi) is 8.58. The van der Waals surface area contributed by atoms with Crippen LogP contribution in [0.15, 0.2) is 29.5 Å². The van der Waals surface area contributed by atoms with Crippen molar-refractivity contribution in [2.75, 3.05) is 25.0 Å². The molecule has 1 fully saturated rings. The standard InChI is InChI=1S/C19H23ClN6O11P2/c1-35-12-3-2-9(4-11(12)27)5-21-25-16-10-6-22-26(17(10)24-19(20)23-16)18-15(29)14(28)13(37-18)7-36-39(33,34)8-38(30,31)32/h2-6,13-15,18,27-29H,7-8H2,1H3,(H,33,34)(H,23,24,25)(H2,30,31,32)/b21-5+/t13-,14-,15-,18-/m1/s1. The van der Waals surface area contributed by atoms with Gasteiger partial charge < -0.3 is 44.0 Å². The maximum Gasteiger partial charge on any atom is 0.340 e. The van der Waals surface area contributed by atoms with Gasteiger partial charge in [0.05, 0.1) is 31.5 Å². The summed E-state index contributed by atoms with van der Waals surface area (Å²) in [6, 6.07) is 4.63. The molecule has 0 aliphatic carbocycles. The van der Waals surface area contributed by atoms with Crippen LogP contribution in [-0.4, -0.2) is 93.9 Å². The van der Waals surface area contributed by atoms with Gasteiger partial charge in [-0.15, -0.1) is 0 Å². The zero-order valence-electron chi connectivity index (χ0n) is 19.8. The zero-order chi connectivity index (χ0) is 28.5. The molecule has 0 bridgehead atoms. The normalized spacial score (nSPS) is 23.4. The molecule has 4 rings (SSSR count). The van der Waals surface area contributed by atoms with Crippen LogP contribution in [0.2, 0.25) is 5.28 Å². The summed E-state index contributed by atoms with van der Waals surface area (Å²) in [5.74, 6) is -1.10. The number of aliphatic hydroxyl groups excluding tert-OH is 2. The SMILES string of the molecule is COc1ccc(/C=N/Nc2nc(Cl)nc3c2cnn3[C@@H]2O[C@H](COP(=O)(O)CP(=O)(O)O)[C@@H](O)[C@H]2O)cc1O. The number of fused-ring (bicyclic) bond motifs is 1. The highest BCUT2D eigenvalue weighted by Gasteiger charge is 2.46. The van der Waals surface area contributed by atoms with Crippen molar-refractivity contribution < 1.29 is 53.1 Å². The van der Waals surface area contributed by atoms with Crippen molar-refractivity contribution in [3.05, 3.63) is 35.2 Å². The number of benzene rings is 1. The van der Waals surface area contributed by atoms with E-state index >= 15 is 0 Å². The first-order chi connectivity index (χ1) is 18.3. The van der Waals surface area contributed by atoms with E-state index in [4.69, 9.17) is 35.4 Å². The van der Waals surface area contributed by atoms with Gasteiger partial charge in [0.15, 0.2) is 35.1 Å². The number of anilines is 1. The second-order valence-corrected chi connectivity index (χ2v) is 12.6. The number of ether oxygens (including phenoxy) is 2. The van der Waals surface area contributed by atoms with Crippen LogP contribution in [0.3, 0.4) is 0 Å². The molecule has 1 aliphatic rings. The predicted molar refractivity (Wildman–Crippen MR) is 135 cm³/mol. The van der Waals surface area contributed by atoms with Gasteiger partial charge in [0, 0.05) is 0 Å². The second kappa shape index (κ2) is 11.4. The third kappa shape index (κ3) is 6.91. The van der Waals surface area contributed by atoms with Crippen molar-refractivity contribution in [1.29, 1.82) is 0 Å². The molecule has 39 heavy (non-hydrogen) atoms. The van der Waals surface area contributed by atoms with Crippen LogP contribution in [0.4, 0.5) is 5.82 Å². The Morgan fingerprint density at radius 2 is 1.97 bits per heavy atom. The lowest BCUT2D eigenvalue weighted by molar-refractivity contribution is -0.0541. The van der Waals surface area contributed by atoms with E-state index in [0.29, 0.717) is 16.7 Å². The summed E-state index contributed by atoms with van der Waals surface area (Å²) in [6.07, 6.45) is -3.23. The molecule has 0 saturated carbocycles. The Hall–Kier alpha value is -2.69. The molecule has 3 heterocycles. The van der Waals surface area contributed by atoms with Crippen molar-refractivity contribution in [2.24, 2.45) is 5.10 Å². The van der Waals surface area contributed by atoms with E-state index < -0.39 is 52.2 Å². The monoisotopic (exact) mass is 608 g/mol. The molecule has 212 valence electrons. The van der Waals surface area contributed by atoms with Gasteiger partial charge in [-0.3, -0.25) is 14.6 Å². The second-order valence-electron chi connectivity index (χ2n) is 8.25. The van der Waals surface area contributed by atoms with Crippen molar-refractivity contribution in [1.82, 2.24) is 19.7 Å². The van der Waals surface area contributed by atoms with Crippen LogP contribution in [0, 0.1) is 0 Å². The van der Waals surface area contributed by atoms with E-state index in [1.807, 2.05) is 0 Å². The molecular weight excluding hydrogens is 586 g/mol. The Labute approximate surface area is 224 Å². The number of aromatic hydroxyl groups is 1. The number of halogens is 1. The topological polar surface area (TPSA) is 251 Å². The number of aliphatic hydroxyl groups is 2. The fourth-order valence-corrected chi connectivity index (χ4v) is 6.39. The summed E-state index contributed by atoms with van der Waals surface area (Å²) >= 11 is 6.06. The number of methoxy groups -OCH3 is 1. The molecule has 1 unspecified atom stereocenters. The first kappa shape index (κ1) is 29.3. The van der Waals surface area contributed by atoms with Gasteiger partial charge in [-0.1, -0.05) is 0 Å². The molecule has 20 heteroatoms. The van der Waals surface area contributed by atoms with Gasteiger partial charge in [0.25, 0.3) is 0 Å². The van der Waals surface area contributed by atoms with E-state index in [2.05, 4.69) is 25.6 Å². The number of aromatic nitrogens is 4. The highest BCUT2D eigenvalue weighted by molar-refractivity contribution is 7.70. The highest BCUT2D eigenvalue weighted by atomic mass is 35.5. The van der Waals surface area contributed by atoms with Gasteiger partial charge in [0.2, 0.25) is 5.28 Å². The number of nitrogens with one attached hydrogen (secondary N) is 1. The summed E-state index contributed by atoms with van der Waals surface area (Å²) < 4.78 is 39.3. The number of rotatable bonds is 10. The first-order valence-electron chi connectivity index (χ1n) is 10.9. The zero-order valence-corrected chi connectivity index (χ0v) is 22.4. The molecule has 2 aromatic heterocycles. The maximum atomic E-state index is 11.9. The summed E-state index contributed by atoms with van der Waals surface area (Å²) in [5.41, 5.74) is 3.29. The van der Waals surface area contributed by atoms with Crippen LogP contribution in [0.1, 0.15) is 11.8 Å². The van der Waals surface area contributed by atoms with Gasteiger partial charge >= 0.3 is 15.2 Å². The van der Waals surface area contributed by atoms with E-state index in [1.165, 1.54) is 25.6 Å². The minimum absolute atomic E-state index is 0.0712. The van der Waals surface area contributed by atoms with Crippen molar-refractivity contribution >= 4 is 49.9 Å². The van der Waals surface area contributed by atoms with Crippen LogP contribution in [-0.2, 0) is 18.4 Å². The maximum absolute atomic E-state index is 11.9. The number of hydrogen-bond acceptors (Lipinski definition) is 13. The van der Waals surface area contributed by atoms with Crippen LogP contribution in [0.5, 0.6) is 11.5 Å². The molecule has 0 amide bonds. The molecule has 5 atom stereocenters. The average Bonchev–Trinajstić information content (AvgIpc) is 3.37. The van der Waals surface area contributed by atoms with E-state index in [1.54, 1.807) is 12.1 Å². The lowest BCUT2D eigenvalue weighted by atomic mass is 10.1. The summed E-state index contributed by atoms with van der Waals surface area (Å²) in [7, 11) is -8.16. The number of nitrogens with zero attached hydrogens (tertiary/aromatic N) is 5. The predicted octanol–water partition coefficient (Wildman–Crippen LogP) is 0.596. The van der Waals surface area contributed by atoms with Gasteiger partial charge in [-0.25, -0.2) is 4.68 Å². The number of hydrogen-bond donors (Lipinski definition) is 7. The third-order valence-electron chi connectivity index (χ3n) is 5.40. The highest BCUT2D eigenvalue weighted by Crippen LogP contribution is 2.55. The summed E-state index contributed by atoms with van der Waals surface area (Å²) in [6.45, 7) is -0.764. The number of phenolic OH excluding ortho intramolecular Hbond substituents is 1. The Morgan fingerprint density at radius 1 is 1.23 bits per heavy atom. The minimum Gasteiger partial charge on any atom is -0.504 e. The molecule has 1 saturated heterocycles. The van der Waals surface area contributed by atoms with Crippen LogP contribution in [0.25, 0.3) is 11.0 Å². The largest absolute Gasteiger partial charge is 0.504 e. The van der Waals surface area contributed by atoms with E-state index in [9.17, 15) is 29.3 Å².